The van der Waals surface area contributed by atoms with Crippen molar-refractivity contribution in [3.63, 3.8) is 0 Å². The first-order chi connectivity index (χ1) is 19.1. The molecule has 0 bridgehead atoms. The zero-order chi connectivity index (χ0) is 27.3. The van der Waals surface area contributed by atoms with Gasteiger partial charge in [0.15, 0.2) is 28.6 Å². The van der Waals surface area contributed by atoms with E-state index in [2.05, 4.69) is 6.58 Å². The Morgan fingerprint density at radius 2 is 1.31 bits per heavy atom. The second-order valence-corrected chi connectivity index (χ2v) is 8.69. The summed E-state index contributed by atoms with van der Waals surface area (Å²) in [5.74, 6) is 1.70. The molecule has 0 aliphatic carbocycles. The topological polar surface area (TPSA) is 81.7 Å². The van der Waals surface area contributed by atoms with Gasteiger partial charge in [0.1, 0.15) is 33.0 Å². The minimum Gasteiger partial charge on any atom is -0.487 e. The molecule has 4 rings (SSSR count). The first-order valence-electron chi connectivity index (χ1n) is 12.9. The molecule has 1 aliphatic rings. The fraction of sp³-hybridized carbons (Fsp3) is 0.323. The summed E-state index contributed by atoms with van der Waals surface area (Å²) < 4.78 is 41.6. The third-order valence-corrected chi connectivity index (χ3v) is 6.03. The normalized spacial score (nSPS) is 15.6. The van der Waals surface area contributed by atoms with E-state index in [1.807, 2.05) is 72.8 Å². The number of para-hydroxylation sites is 4. The molecule has 3 aromatic rings. The molecule has 0 aromatic heterocycles. The highest BCUT2D eigenvalue weighted by Crippen LogP contribution is 2.34. The van der Waals surface area contributed by atoms with Crippen LogP contribution < -0.4 is 18.9 Å². The van der Waals surface area contributed by atoms with Crippen LogP contribution in [0, 0.1) is 0 Å². The zero-order valence-electron chi connectivity index (χ0n) is 22.1. The Kier molecular flexibility index (Phi) is 10.2. The Bertz CT molecular complexity index is 1150. The van der Waals surface area contributed by atoms with Crippen molar-refractivity contribution in [2.75, 3.05) is 52.9 Å². The van der Waals surface area contributed by atoms with Gasteiger partial charge in [-0.25, -0.2) is 4.79 Å². The van der Waals surface area contributed by atoms with Crippen molar-refractivity contribution in [3.05, 3.63) is 90.5 Å². The summed E-state index contributed by atoms with van der Waals surface area (Å²) in [7, 11) is 0. The maximum absolute atomic E-state index is 12.4. The molecule has 3 aromatic carbocycles. The van der Waals surface area contributed by atoms with Crippen molar-refractivity contribution in [3.8, 4) is 23.0 Å². The Balaban J connectivity index is 1.73. The molecule has 0 radical (unpaired) electrons. The Labute approximate surface area is 229 Å². The average Bonchev–Trinajstić information content (AvgIpc) is 2.97. The lowest BCUT2D eigenvalue weighted by Gasteiger charge is -2.34. The van der Waals surface area contributed by atoms with E-state index >= 15 is 0 Å². The van der Waals surface area contributed by atoms with E-state index in [0.29, 0.717) is 49.4 Å². The quantitative estimate of drug-likeness (QED) is 0.407. The zero-order valence-corrected chi connectivity index (χ0v) is 22.1. The number of hydrogen-bond donors (Lipinski definition) is 0. The monoisotopic (exact) mass is 534 g/mol. The number of carbonyl (C=O) groups is 1. The molecule has 0 unspecified atom stereocenters. The van der Waals surface area contributed by atoms with Gasteiger partial charge in [-0.05, 0) is 42.3 Å². The molecule has 0 amide bonds. The summed E-state index contributed by atoms with van der Waals surface area (Å²) in [6.45, 7) is 7.03. The standard InChI is InChI=1S/C31H34O8/c1-3-24-13-15-25(16-14-24)31(39-21-30(32)34-4-2)22-37-28-11-7-5-9-26(28)35-19-17-33-18-20-36-27-10-6-8-12-29(27)38-23-31/h3,5-16H,1,4,17-23H2,2H3. The van der Waals surface area contributed by atoms with Crippen LogP contribution in [0.25, 0.3) is 6.08 Å². The van der Waals surface area contributed by atoms with Crippen LogP contribution in [0.4, 0.5) is 0 Å². The second kappa shape index (κ2) is 14.2. The molecule has 0 spiro atoms. The lowest BCUT2D eigenvalue weighted by molar-refractivity contribution is -0.162. The fourth-order valence-corrected chi connectivity index (χ4v) is 3.99. The number of esters is 1. The van der Waals surface area contributed by atoms with Gasteiger partial charge in [-0.3, -0.25) is 0 Å². The van der Waals surface area contributed by atoms with Crippen molar-refractivity contribution in [1.82, 2.24) is 0 Å². The Morgan fingerprint density at radius 3 is 1.79 bits per heavy atom. The maximum atomic E-state index is 12.4. The van der Waals surface area contributed by atoms with Gasteiger partial charge >= 0.3 is 5.97 Å². The lowest BCUT2D eigenvalue weighted by atomic mass is 9.94. The summed E-state index contributed by atoms with van der Waals surface area (Å²) in [6, 6.07) is 22.4. The SMILES string of the molecule is C=Cc1ccc(C2(OCC(=O)OCC)COc3ccccc3OCCOCCOc3ccccc3OC2)cc1. The highest BCUT2D eigenvalue weighted by molar-refractivity contribution is 5.70. The molecule has 0 fully saturated rings. The van der Waals surface area contributed by atoms with Crippen LogP contribution in [-0.4, -0.2) is 58.8 Å². The van der Waals surface area contributed by atoms with E-state index in [4.69, 9.17) is 33.2 Å². The van der Waals surface area contributed by atoms with Crippen LogP contribution >= 0.6 is 0 Å². The van der Waals surface area contributed by atoms with E-state index in [1.165, 1.54) is 0 Å². The highest BCUT2D eigenvalue weighted by Gasteiger charge is 2.38. The molecule has 0 saturated carbocycles. The summed E-state index contributed by atoms with van der Waals surface area (Å²) in [4.78, 5) is 12.4. The van der Waals surface area contributed by atoms with Crippen LogP contribution in [0.15, 0.2) is 79.4 Å². The molecule has 206 valence electrons. The lowest BCUT2D eigenvalue weighted by Crippen LogP contribution is -2.43. The molecule has 0 atom stereocenters. The molecular weight excluding hydrogens is 500 g/mol. The van der Waals surface area contributed by atoms with Crippen molar-refractivity contribution in [2.45, 2.75) is 12.5 Å². The highest BCUT2D eigenvalue weighted by atomic mass is 16.6. The first-order valence-corrected chi connectivity index (χ1v) is 12.9. The van der Waals surface area contributed by atoms with Crippen LogP contribution in [0.3, 0.4) is 0 Å². The van der Waals surface area contributed by atoms with Crippen LogP contribution in [0.2, 0.25) is 0 Å². The predicted octanol–water partition coefficient (Wildman–Crippen LogP) is 5.05. The van der Waals surface area contributed by atoms with Crippen molar-refractivity contribution in [1.29, 1.82) is 0 Å². The van der Waals surface area contributed by atoms with E-state index in [9.17, 15) is 4.79 Å². The Morgan fingerprint density at radius 1 is 0.795 bits per heavy atom. The van der Waals surface area contributed by atoms with Gasteiger partial charge in [0.2, 0.25) is 0 Å². The molecule has 0 saturated heterocycles. The molecular formula is C31H34O8. The van der Waals surface area contributed by atoms with Gasteiger partial charge in [-0.15, -0.1) is 0 Å². The number of benzene rings is 3. The van der Waals surface area contributed by atoms with Gasteiger partial charge in [0.05, 0.1) is 19.8 Å². The number of hydrogen-bond acceptors (Lipinski definition) is 8. The number of fused-ring (bicyclic) bond motifs is 2. The van der Waals surface area contributed by atoms with Crippen LogP contribution in [-0.2, 0) is 24.6 Å². The van der Waals surface area contributed by atoms with E-state index < -0.39 is 11.6 Å². The number of ether oxygens (including phenoxy) is 7. The molecule has 1 heterocycles. The van der Waals surface area contributed by atoms with Crippen molar-refractivity contribution >= 4 is 12.0 Å². The first kappa shape index (κ1) is 28.0. The third kappa shape index (κ3) is 7.75. The molecule has 0 N–H and O–H groups in total. The second-order valence-electron chi connectivity index (χ2n) is 8.69. The number of rotatable bonds is 6. The van der Waals surface area contributed by atoms with E-state index in [-0.39, 0.29) is 26.4 Å². The van der Waals surface area contributed by atoms with Gasteiger partial charge < -0.3 is 33.2 Å². The third-order valence-electron chi connectivity index (χ3n) is 6.03. The van der Waals surface area contributed by atoms with Gasteiger partial charge in [-0.2, -0.15) is 0 Å². The molecule has 1 aliphatic heterocycles. The smallest absolute Gasteiger partial charge is 0.332 e. The largest absolute Gasteiger partial charge is 0.487 e. The summed E-state index contributed by atoms with van der Waals surface area (Å²) in [5.41, 5.74) is 0.491. The molecule has 39 heavy (non-hydrogen) atoms. The fourth-order valence-electron chi connectivity index (χ4n) is 3.99. The van der Waals surface area contributed by atoms with E-state index in [1.54, 1.807) is 13.0 Å². The molecule has 8 nitrogen and oxygen atoms in total. The van der Waals surface area contributed by atoms with Crippen molar-refractivity contribution < 1.29 is 38.0 Å². The molecule has 8 heteroatoms. The van der Waals surface area contributed by atoms with Crippen LogP contribution in [0.1, 0.15) is 18.1 Å². The van der Waals surface area contributed by atoms with Crippen molar-refractivity contribution in [2.24, 2.45) is 0 Å². The average molecular weight is 535 g/mol. The maximum Gasteiger partial charge on any atom is 0.332 e. The van der Waals surface area contributed by atoms with E-state index in [0.717, 1.165) is 11.1 Å². The predicted molar refractivity (Wildman–Crippen MR) is 146 cm³/mol. The van der Waals surface area contributed by atoms with Crippen LogP contribution in [0.5, 0.6) is 23.0 Å². The number of carbonyl (C=O) groups excluding carboxylic acids is 1. The summed E-state index contributed by atoms with van der Waals surface area (Å²) in [5, 5.41) is 0. The Hall–Kier alpha value is -4.01. The minimum absolute atomic E-state index is 0.0136. The van der Waals surface area contributed by atoms with Gasteiger partial charge in [0, 0.05) is 0 Å². The summed E-state index contributed by atoms with van der Waals surface area (Å²) >= 11 is 0. The minimum atomic E-state index is -1.20. The van der Waals surface area contributed by atoms with Gasteiger partial charge in [-0.1, -0.05) is 61.2 Å². The van der Waals surface area contributed by atoms with Gasteiger partial charge in [0.25, 0.3) is 0 Å². The summed E-state index contributed by atoms with van der Waals surface area (Å²) in [6.07, 6.45) is 1.76.